The Balaban J connectivity index is 1.51. The van der Waals surface area contributed by atoms with Gasteiger partial charge in [-0.25, -0.2) is 9.37 Å². The number of halogens is 1. The van der Waals surface area contributed by atoms with Crippen LogP contribution in [0, 0.1) is 5.82 Å². The van der Waals surface area contributed by atoms with Gasteiger partial charge in [-0.1, -0.05) is 24.3 Å². The molecule has 0 spiro atoms. The third-order valence-electron chi connectivity index (χ3n) is 3.43. The number of amides is 1. The SMILES string of the molecule is O=C(NCCCc1nc2ccccc2[nH]1)c1ccccc1F. The molecule has 0 atom stereocenters. The lowest BCUT2D eigenvalue weighted by molar-refractivity contribution is 0.0949. The van der Waals surface area contributed by atoms with Crippen LogP contribution in [0.4, 0.5) is 4.39 Å². The lowest BCUT2D eigenvalue weighted by atomic mass is 10.2. The Kier molecular flexibility index (Phi) is 4.14. The van der Waals surface area contributed by atoms with E-state index in [1.165, 1.54) is 12.1 Å². The molecule has 1 aromatic heterocycles. The summed E-state index contributed by atoms with van der Waals surface area (Å²) in [5, 5.41) is 2.72. The van der Waals surface area contributed by atoms with Gasteiger partial charge >= 0.3 is 0 Å². The van der Waals surface area contributed by atoms with Crippen LogP contribution in [0.25, 0.3) is 11.0 Å². The summed E-state index contributed by atoms with van der Waals surface area (Å²) in [6.07, 6.45) is 1.46. The summed E-state index contributed by atoms with van der Waals surface area (Å²) in [6, 6.07) is 13.8. The second-order valence-corrected chi connectivity index (χ2v) is 5.04. The fourth-order valence-corrected chi connectivity index (χ4v) is 2.32. The number of imidazole rings is 1. The van der Waals surface area contributed by atoms with Crippen LogP contribution >= 0.6 is 0 Å². The zero-order chi connectivity index (χ0) is 15.4. The van der Waals surface area contributed by atoms with E-state index < -0.39 is 5.82 Å². The number of H-pyrrole nitrogens is 1. The molecule has 0 saturated carbocycles. The van der Waals surface area contributed by atoms with Gasteiger partial charge in [-0.05, 0) is 30.7 Å². The van der Waals surface area contributed by atoms with Gasteiger partial charge in [-0.15, -0.1) is 0 Å². The van der Waals surface area contributed by atoms with Crippen molar-refractivity contribution in [3.8, 4) is 0 Å². The Morgan fingerprint density at radius 2 is 1.91 bits per heavy atom. The first-order chi connectivity index (χ1) is 10.7. The van der Waals surface area contributed by atoms with Gasteiger partial charge < -0.3 is 10.3 Å². The molecule has 0 aliphatic heterocycles. The zero-order valence-corrected chi connectivity index (χ0v) is 12.0. The van der Waals surface area contributed by atoms with Crippen molar-refractivity contribution in [3.63, 3.8) is 0 Å². The maximum Gasteiger partial charge on any atom is 0.254 e. The van der Waals surface area contributed by atoms with E-state index in [-0.39, 0.29) is 11.5 Å². The number of para-hydroxylation sites is 2. The van der Waals surface area contributed by atoms with Crippen molar-refractivity contribution in [2.24, 2.45) is 0 Å². The van der Waals surface area contributed by atoms with E-state index in [1.54, 1.807) is 12.1 Å². The Bertz CT molecular complexity index is 764. The molecule has 0 saturated heterocycles. The maximum atomic E-state index is 13.5. The van der Waals surface area contributed by atoms with Gasteiger partial charge in [-0.2, -0.15) is 0 Å². The molecule has 5 heteroatoms. The average Bonchev–Trinajstić information content (AvgIpc) is 2.94. The number of nitrogens with zero attached hydrogens (tertiary/aromatic N) is 1. The lowest BCUT2D eigenvalue weighted by Gasteiger charge is -2.05. The topological polar surface area (TPSA) is 57.8 Å². The standard InChI is InChI=1S/C17H16FN3O/c18-13-7-2-1-6-12(13)17(22)19-11-5-10-16-20-14-8-3-4-9-15(14)21-16/h1-4,6-9H,5,10-11H2,(H,19,22)(H,20,21). The number of hydrogen-bond donors (Lipinski definition) is 2. The van der Waals surface area contributed by atoms with Crippen molar-refractivity contribution < 1.29 is 9.18 Å². The molecule has 112 valence electrons. The first-order valence-electron chi connectivity index (χ1n) is 7.20. The van der Waals surface area contributed by atoms with E-state index in [4.69, 9.17) is 0 Å². The summed E-state index contributed by atoms with van der Waals surface area (Å²) in [6.45, 7) is 0.476. The smallest absolute Gasteiger partial charge is 0.254 e. The highest BCUT2D eigenvalue weighted by Crippen LogP contribution is 2.11. The Hall–Kier alpha value is -2.69. The molecule has 1 heterocycles. The molecule has 3 rings (SSSR count). The van der Waals surface area contributed by atoms with Crippen LogP contribution in [0.15, 0.2) is 48.5 Å². The minimum atomic E-state index is -0.503. The molecular formula is C17H16FN3O. The van der Waals surface area contributed by atoms with Crippen molar-refractivity contribution in [3.05, 3.63) is 65.7 Å². The van der Waals surface area contributed by atoms with Crippen LogP contribution in [0.1, 0.15) is 22.6 Å². The Labute approximate surface area is 127 Å². The van der Waals surface area contributed by atoms with E-state index in [1.807, 2.05) is 24.3 Å². The summed E-state index contributed by atoms with van der Waals surface area (Å²) in [5.74, 6) is 0.00123. The minimum absolute atomic E-state index is 0.0752. The van der Waals surface area contributed by atoms with Crippen molar-refractivity contribution in [2.45, 2.75) is 12.8 Å². The summed E-state index contributed by atoms with van der Waals surface area (Å²) in [5.41, 5.74) is 2.02. The number of nitrogens with one attached hydrogen (secondary N) is 2. The van der Waals surface area contributed by atoms with Gasteiger partial charge in [0.2, 0.25) is 0 Å². The molecule has 0 fully saturated rings. The van der Waals surface area contributed by atoms with Crippen LogP contribution in [0.5, 0.6) is 0 Å². The Morgan fingerprint density at radius 3 is 2.73 bits per heavy atom. The molecule has 0 aliphatic rings. The fraction of sp³-hybridized carbons (Fsp3) is 0.176. The predicted molar refractivity (Wildman–Crippen MR) is 83.1 cm³/mol. The highest BCUT2D eigenvalue weighted by molar-refractivity contribution is 5.94. The van der Waals surface area contributed by atoms with Crippen molar-refractivity contribution >= 4 is 16.9 Å². The molecule has 0 bridgehead atoms. The van der Waals surface area contributed by atoms with Crippen molar-refractivity contribution in [2.75, 3.05) is 6.54 Å². The average molecular weight is 297 g/mol. The number of aryl methyl sites for hydroxylation is 1. The summed E-state index contributed by atoms with van der Waals surface area (Å²) >= 11 is 0. The van der Waals surface area contributed by atoms with Crippen molar-refractivity contribution in [1.82, 2.24) is 15.3 Å². The molecule has 0 aliphatic carbocycles. The highest BCUT2D eigenvalue weighted by atomic mass is 19.1. The first kappa shape index (κ1) is 14.3. The molecule has 3 aromatic rings. The number of carbonyl (C=O) groups is 1. The molecule has 2 N–H and O–H groups in total. The van der Waals surface area contributed by atoms with Gasteiger partial charge in [0.05, 0.1) is 16.6 Å². The normalized spacial score (nSPS) is 10.8. The molecular weight excluding hydrogens is 281 g/mol. The number of rotatable bonds is 5. The second kappa shape index (κ2) is 6.39. The van der Waals surface area contributed by atoms with Crippen molar-refractivity contribution in [1.29, 1.82) is 0 Å². The molecule has 0 unspecified atom stereocenters. The quantitative estimate of drug-likeness (QED) is 0.711. The van der Waals surface area contributed by atoms with Crippen LogP contribution in [0.2, 0.25) is 0 Å². The monoisotopic (exact) mass is 297 g/mol. The van der Waals surface area contributed by atoms with Gasteiger partial charge in [0.25, 0.3) is 5.91 Å². The molecule has 1 amide bonds. The maximum absolute atomic E-state index is 13.5. The third kappa shape index (κ3) is 3.14. The molecule has 0 radical (unpaired) electrons. The summed E-state index contributed by atoms with van der Waals surface area (Å²) in [7, 11) is 0. The van der Waals surface area contributed by atoms with Crippen LogP contribution < -0.4 is 5.32 Å². The summed E-state index contributed by atoms with van der Waals surface area (Å²) in [4.78, 5) is 19.6. The fourth-order valence-electron chi connectivity index (χ4n) is 2.32. The number of fused-ring (bicyclic) bond motifs is 1. The van der Waals surface area contributed by atoms with E-state index in [9.17, 15) is 9.18 Å². The second-order valence-electron chi connectivity index (χ2n) is 5.04. The van der Waals surface area contributed by atoms with E-state index in [2.05, 4.69) is 15.3 Å². The first-order valence-corrected chi connectivity index (χ1v) is 7.20. The zero-order valence-electron chi connectivity index (χ0n) is 12.0. The number of aromatic amines is 1. The predicted octanol–water partition coefficient (Wildman–Crippen LogP) is 3.06. The molecule has 22 heavy (non-hydrogen) atoms. The Morgan fingerprint density at radius 1 is 1.14 bits per heavy atom. The van der Waals surface area contributed by atoms with Gasteiger partial charge in [0.15, 0.2) is 0 Å². The van der Waals surface area contributed by atoms with E-state index in [0.717, 1.165) is 29.7 Å². The lowest BCUT2D eigenvalue weighted by Crippen LogP contribution is -2.25. The number of aromatic nitrogens is 2. The van der Waals surface area contributed by atoms with Crippen LogP contribution in [0.3, 0.4) is 0 Å². The minimum Gasteiger partial charge on any atom is -0.352 e. The van der Waals surface area contributed by atoms with Gasteiger partial charge in [0, 0.05) is 13.0 Å². The van der Waals surface area contributed by atoms with Crippen LogP contribution in [-0.4, -0.2) is 22.4 Å². The number of hydrogen-bond acceptors (Lipinski definition) is 2. The van der Waals surface area contributed by atoms with E-state index in [0.29, 0.717) is 6.54 Å². The van der Waals surface area contributed by atoms with Crippen LogP contribution in [-0.2, 0) is 6.42 Å². The number of benzene rings is 2. The van der Waals surface area contributed by atoms with E-state index >= 15 is 0 Å². The third-order valence-corrected chi connectivity index (χ3v) is 3.43. The van der Waals surface area contributed by atoms with Gasteiger partial charge in [0.1, 0.15) is 11.6 Å². The van der Waals surface area contributed by atoms with Gasteiger partial charge in [-0.3, -0.25) is 4.79 Å². The summed E-state index contributed by atoms with van der Waals surface area (Å²) < 4.78 is 13.5. The highest BCUT2D eigenvalue weighted by Gasteiger charge is 2.09. The molecule has 2 aromatic carbocycles. The largest absolute Gasteiger partial charge is 0.352 e. The molecule has 4 nitrogen and oxygen atoms in total. The number of carbonyl (C=O) groups excluding carboxylic acids is 1.